The van der Waals surface area contributed by atoms with Gasteiger partial charge in [0.2, 0.25) is 0 Å². The molecule has 0 unspecified atom stereocenters. The van der Waals surface area contributed by atoms with Crippen LogP contribution in [0.5, 0.6) is 0 Å². The Morgan fingerprint density at radius 2 is 1.67 bits per heavy atom. The zero-order valence-electron chi connectivity index (χ0n) is 20.3. The van der Waals surface area contributed by atoms with Crippen LogP contribution in [0.15, 0.2) is 84.9 Å². The second-order valence-electron chi connectivity index (χ2n) is 8.91. The van der Waals surface area contributed by atoms with Gasteiger partial charge in [-0.2, -0.15) is 0 Å². The topological polar surface area (TPSA) is 104 Å². The van der Waals surface area contributed by atoms with Crippen LogP contribution in [-0.4, -0.2) is 17.0 Å². The molecule has 6 heteroatoms. The Balaban J connectivity index is 1.60. The standard InChI is InChI=1S/C30H31N3O3/c1-20(26-13-5-9-22-8-2-3-12-27(22)26)32-30(36)28-18-25(16-15-23(28)10-6-14-29(34)35)33-24-11-4-7-21(17-24)19-31/h2-5,7-9,11-13,15-18,20,33H,6,10,14,19,31H2,1H3,(H,32,36)(H,34,35)/t20-/m1/s1. The van der Waals surface area contributed by atoms with Crippen molar-refractivity contribution in [3.05, 3.63) is 107 Å². The third-order valence-corrected chi connectivity index (χ3v) is 6.28. The Labute approximate surface area is 211 Å². The van der Waals surface area contributed by atoms with Crippen molar-refractivity contribution < 1.29 is 14.7 Å². The van der Waals surface area contributed by atoms with Crippen LogP contribution >= 0.6 is 0 Å². The molecule has 6 nitrogen and oxygen atoms in total. The molecule has 0 heterocycles. The molecule has 0 aliphatic heterocycles. The van der Waals surface area contributed by atoms with Gasteiger partial charge in [0, 0.05) is 29.9 Å². The van der Waals surface area contributed by atoms with Crippen LogP contribution in [0.25, 0.3) is 10.8 Å². The monoisotopic (exact) mass is 481 g/mol. The average molecular weight is 482 g/mol. The van der Waals surface area contributed by atoms with E-state index in [1.165, 1.54) is 0 Å². The third-order valence-electron chi connectivity index (χ3n) is 6.28. The minimum atomic E-state index is -0.844. The van der Waals surface area contributed by atoms with E-state index in [2.05, 4.69) is 28.8 Å². The lowest BCUT2D eigenvalue weighted by Gasteiger charge is -2.19. The maximum absolute atomic E-state index is 13.5. The minimum Gasteiger partial charge on any atom is -0.481 e. The van der Waals surface area contributed by atoms with Crippen molar-refractivity contribution >= 4 is 34.0 Å². The number of amides is 1. The first-order valence-electron chi connectivity index (χ1n) is 12.1. The number of nitrogens with two attached hydrogens (primary N) is 1. The van der Waals surface area contributed by atoms with Crippen LogP contribution in [0, 0.1) is 0 Å². The number of aryl methyl sites for hydroxylation is 1. The first-order chi connectivity index (χ1) is 17.4. The summed E-state index contributed by atoms with van der Waals surface area (Å²) in [5.41, 5.74) is 10.8. The fourth-order valence-electron chi connectivity index (χ4n) is 4.44. The molecule has 4 aromatic rings. The molecule has 36 heavy (non-hydrogen) atoms. The molecule has 0 fully saturated rings. The summed E-state index contributed by atoms with van der Waals surface area (Å²) < 4.78 is 0. The summed E-state index contributed by atoms with van der Waals surface area (Å²) in [6.45, 7) is 2.42. The highest BCUT2D eigenvalue weighted by Gasteiger charge is 2.17. The number of hydrogen-bond acceptors (Lipinski definition) is 4. The summed E-state index contributed by atoms with van der Waals surface area (Å²) in [5, 5.41) is 17.8. The first-order valence-corrected chi connectivity index (χ1v) is 12.1. The van der Waals surface area contributed by atoms with Crippen LogP contribution in [-0.2, 0) is 17.8 Å². The van der Waals surface area contributed by atoms with Crippen LogP contribution in [0.4, 0.5) is 11.4 Å². The van der Waals surface area contributed by atoms with Gasteiger partial charge in [0.25, 0.3) is 5.91 Å². The van der Waals surface area contributed by atoms with Crippen molar-refractivity contribution in [3.8, 4) is 0 Å². The minimum absolute atomic E-state index is 0.0549. The van der Waals surface area contributed by atoms with E-state index in [-0.39, 0.29) is 18.4 Å². The quantitative estimate of drug-likeness (QED) is 0.224. The molecule has 0 saturated carbocycles. The molecule has 0 bridgehead atoms. The number of rotatable bonds is 10. The number of anilines is 2. The number of fused-ring (bicyclic) bond motifs is 1. The molecule has 0 aliphatic carbocycles. The van der Waals surface area contributed by atoms with Gasteiger partial charge in [0.05, 0.1) is 6.04 Å². The Morgan fingerprint density at radius 1 is 0.917 bits per heavy atom. The number of carboxylic acid groups (broad SMARTS) is 1. The predicted octanol–water partition coefficient (Wildman–Crippen LogP) is 5.94. The smallest absolute Gasteiger partial charge is 0.303 e. The van der Waals surface area contributed by atoms with Crippen molar-refractivity contribution in [2.24, 2.45) is 5.73 Å². The normalized spacial score (nSPS) is 11.7. The lowest BCUT2D eigenvalue weighted by atomic mass is 9.97. The maximum Gasteiger partial charge on any atom is 0.303 e. The number of carboxylic acids is 1. The molecule has 184 valence electrons. The molecule has 0 aliphatic rings. The third kappa shape index (κ3) is 6.09. The van der Waals surface area contributed by atoms with Crippen LogP contribution in [0.1, 0.15) is 52.9 Å². The van der Waals surface area contributed by atoms with E-state index in [1.54, 1.807) is 0 Å². The fraction of sp³-hybridized carbons (Fsp3) is 0.200. The molecule has 0 radical (unpaired) electrons. The van der Waals surface area contributed by atoms with Gasteiger partial charge in [0.1, 0.15) is 0 Å². The van der Waals surface area contributed by atoms with Gasteiger partial charge in [-0.15, -0.1) is 0 Å². The number of hydrogen-bond donors (Lipinski definition) is 4. The van der Waals surface area contributed by atoms with Crippen LogP contribution in [0.2, 0.25) is 0 Å². The number of carbonyl (C=O) groups excluding carboxylic acids is 1. The molecular weight excluding hydrogens is 450 g/mol. The molecule has 1 amide bonds. The van der Waals surface area contributed by atoms with Gasteiger partial charge >= 0.3 is 5.97 Å². The van der Waals surface area contributed by atoms with E-state index in [0.29, 0.717) is 24.9 Å². The highest BCUT2D eigenvalue weighted by molar-refractivity contribution is 5.97. The molecule has 5 N–H and O–H groups in total. The summed E-state index contributed by atoms with van der Waals surface area (Å²) in [6.07, 6.45) is 1.01. The van der Waals surface area contributed by atoms with E-state index in [0.717, 1.165) is 38.8 Å². The molecule has 4 aromatic carbocycles. The lowest BCUT2D eigenvalue weighted by Crippen LogP contribution is -2.28. The number of benzene rings is 4. The fourth-order valence-corrected chi connectivity index (χ4v) is 4.44. The highest BCUT2D eigenvalue weighted by atomic mass is 16.4. The van der Waals surface area contributed by atoms with Gasteiger partial charge < -0.3 is 21.5 Å². The zero-order chi connectivity index (χ0) is 25.5. The number of nitrogens with one attached hydrogen (secondary N) is 2. The van der Waals surface area contributed by atoms with E-state index >= 15 is 0 Å². The highest BCUT2D eigenvalue weighted by Crippen LogP contribution is 2.26. The van der Waals surface area contributed by atoms with Crippen molar-refractivity contribution in [1.82, 2.24) is 5.32 Å². The lowest BCUT2D eigenvalue weighted by molar-refractivity contribution is -0.137. The summed E-state index contributed by atoms with van der Waals surface area (Å²) in [4.78, 5) is 24.5. The van der Waals surface area contributed by atoms with Gasteiger partial charge in [-0.3, -0.25) is 9.59 Å². The Morgan fingerprint density at radius 3 is 2.47 bits per heavy atom. The number of aliphatic carboxylic acids is 1. The molecule has 4 rings (SSSR count). The van der Waals surface area contributed by atoms with E-state index in [1.807, 2.05) is 73.7 Å². The zero-order valence-corrected chi connectivity index (χ0v) is 20.3. The van der Waals surface area contributed by atoms with Crippen LogP contribution < -0.4 is 16.4 Å². The van der Waals surface area contributed by atoms with Crippen molar-refractivity contribution in [1.29, 1.82) is 0 Å². The number of carbonyl (C=O) groups is 2. The van der Waals surface area contributed by atoms with Gasteiger partial charge in [0.15, 0.2) is 0 Å². The second-order valence-corrected chi connectivity index (χ2v) is 8.91. The summed E-state index contributed by atoms with van der Waals surface area (Å²) in [5.74, 6) is -1.04. The summed E-state index contributed by atoms with van der Waals surface area (Å²) in [6, 6.07) is 27.4. The maximum atomic E-state index is 13.5. The SMILES string of the molecule is C[C@@H](NC(=O)c1cc(Nc2cccc(CN)c2)ccc1CCCC(=O)O)c1cccc2ccccc12. The molecule has 0 aromatic heterocycles. The van der Waals surface area contributed by atoms with E-state index in [4.69, 9.17) is 10.8 Å². The van der Waals surface area contributed by atoms with Gasteiger partial charge in [-0.05, 0) is 71.5 Å². The van der Waals surface area contributed by atoms with Crippen molar-refractivity contribution in [2.45, 2.75) is 38.8 Å². The summed E-state index contributed by atoms with van der Waals surface area (Å²) >= 11 is 0. The largest absolute Gasteiger partial charge is 0.481 e. The van der Waals surface area contributed by atoms with E-state index in [9.17, 15) is 9.59 Å². The molecule has 0 saturated heterocycles. The molecule has 0 spiro atoms. The first kappa shape index (κ1) is 24.9. The Kier molecular flexibility index (Phi) is 7.98. The van der Waals surface area contributed by atoms with Gasteiger partial charge in [-0.25, -0.2) is 0 Å². The Bertz CT molecular complexity index is 1380. The van der Waals surface area contributed by atoms with Crippen molar-refractivity contribution in [3.63, 3.8) is 0 Å². The van der Waals surface area contributed by atoms with Gasteiger partial charge in [-0.1, -0.05) is 60.7 Å². The molecule has 1 atom stereocenters. The summed E-state index contributed by atoms with van der Waals surface area (Å²) in [7, 11) is 0. The van der Waals surface area contributed by atoms with E-state index < -0.39 is 5.97 Å². The molecular formula is C30H31N3O3. The van der Waals surface area contributed by atoms with Crippen LogP contribution in [0.3, 0.4) is 0 Å². The second kappa shape index (κ2) is 11.5. The Hall–Kier alpha value is -4.16. The average Bonchev–Trinajstić information content (AvgIpc) is 2.88. The van der Waals surface area contributed by atoms with Crippen molar-refractivity contribution in [2.75, 3.05) is 5.32 Å². The predicted molar refractivity (Wildman–Crippen MR) is 144 cm³/mol.